The van der Waals surface area contributed by atoms with Crippen LogP contribution in [0.5, 0.6) is 23.0 Å². The van der Waals surface area contributed by atoms with Crippen LogP contribution in [-0.2, 0) is 24.4 Å². The van der Waals surface area contributed by atoms with Crippen molar-refractivity contribution in [2.24, 2.45) is 0 Å². The molecule has 0 saturated carbocycles. The van der Waals surface area contributed by atoms with E-state index in [0.29, 0.717) is 43.5 Å². The predicted octanol–water partition coefficient (Wildman–Crippen LogP) is 12.9. The van der Waals surface area contributed by atoms with Gasteiger partial charge in [-0.05, 0) is 60.6 Å². The van der Waals surface area contributed by atoms with Crippen LogP contribution in [0.15, 0.2) is 97.1 Å². The van der Waals surface area contributed by atoms with E-state index in [1.54, 1.807) is 12.1 Å². The van der Waals surface area contributed by atoms with Gasteiger partial charge in [0.05, 0.1) is 25.9 Å². The Morgan fingerprint density at radius 3 is 1.54 bits per heavy atom. The van der Waals surface area contributed by atoms with Gasteiger partial charge >= 0.3 is 5.97 Å². The van der Waals surface area contributed by atoms with Crippen LogP contribution >= 0.6 is 0 Å². The maximum absolute atomic E-state index is 12.4. The van der Waals surface area contributed by atoms with Crippen molar-refractivity contribution >= 4 is 5.97 Å². The Morgan fingerprint density at radius 2 is 1.00 bits per heavy atom. The fourth-order valence-electron chi connectivity index (χ4n) is 6.57. The number of carbonyl (C=O) groups is 1. The van der Waals surface area contributed by atoms with Crippen molar-refractivity contribution in [3.63, 3.8) is 0 Å². The first kappa shape index (κ1) is 42.3. The van der Waals surface area contributed by atoms with E-state index in [1.807, 2.05) is 48.5 Å². The molecule has 0 amide bonds. The lowest BCUT2D eigenvalue weighted by Gasteiger charge is -2.17. The van der Waals surface area contributed by atoms with Gasteiger partial charge in [-0.25, -0.2) is 4.79 Å². The minimum absolute atomic E-state index is 0.391. The summed E-state index contributed by atoms with van der Waals surface area (Å²) in [5.41, 5.74) is 3.84. The summed E-state index contributed by atoms with van der Waals surface area (Å²) < 4.78 is 29.9. The van der Waals surface area contributed by atoms with Crippen LogP contribution < -0.4 is 18.9 Å². The number of hydrogen-bond donors (Lipinski definition) is 0. The lowest BCUT2D eigenvalue weighted by atomic mass is 10.0. The molecule has 0 aliphatic carbocycles. The Kier molecular flexibility index (Phi) is 20.6. The normalized spacial score (nSPS) is 10.9. The van der Waals surface area contributed by atoms with E-state index in [2.05, 4.69) is 43.3 Å². The Hall–Kier alpha value is -4.45. The summed E-state index contributed by atoms with van der Waals surface area (Å²) in [6.07, 6.45) is 20.6. The molecule has 54 heavy (non-hydrogen) atoms. The molecule has 0 aliphatic rings. The number of para-hydroxylation sites is 1. The molecule has 6 nitrogen and oxygen atoms in total. The number of unbranched alkanes of at least 4 members (excludes halogenated alkanes) is 14. The molecule has 0 aromatic heterocycles. The van der Waals surface area contributed by atoms with Crippen molar-refractivity contribution in [3.05, 3.63) is 119 Å². The van der Waals surface area contributed by atoms with E-state index >= 15 is 0 Å². The van der Waals surface area contributed by atoms with Gasteiger partial charge in [0, 0.05) is 6.07 Å². The monoisotopic (exact) mass is 736 g/mol. The topological polar surface area (TPSA) is 63.2 Å². The molecule has 0 N–H and O–H groups in total. The second-order valence-corrected chi connectivity index (χ2v) is 14.2. The number of esters is 1. The smallest absolute Gasteiger partial charge is 0.338 e. The Balaban J connectivity index is 1.17. The minimum Gasteiger partial charge on any atom is -0.493 e. The number of rotatable bonds is 29. The SMILES string of the molecule is CCCCCCCCCCCCCCOc1cc(OCCCCCCc2cccc(OCc3ccccc3)c2OCc2ccccc2)cc(C(=O)OC)c1. The van der Waals surface area contributed by atoms with Gasteiger partial charge in [0.2, 0.25) is 0 Å². The zero-order valence-corrected chi connectivity index (χ0v) is 33.0. The van der Waals surface area contributed by atoms with Gasteiger partial charge in [-0.1, -0.05) is 163 Å². The van der Waals surface area contributed by atoms with Crippen molar-refractivity contribution in [1.29, 1.82) is 0 Å². The second kappa shape index (κ2) is 26.3. The third-order valence-corrected chi connectivity index (χ3v) is 9.70. The molecule has 0 heterocycles. The highest BCUT2D eigenvalue weighted by Crippen LogP contribution is 2.34. The number of benzene rings is 4. The van der Waals surface area contributed by atoms with Crippen LogP contribution in [0, 0.1) is 0 Å². The molecular weight excluding hydrogens is 673 g/mol. The van der Waals surface area contributed by atoms with Crippen LogP contribution in [0.1, 0.15) is 137 Å². The van der Waals surface area contributed by atoms with Gasteiger partial charge in [0.1, 0.15) is 24.7 Å². The summed E-state index contributed by atoms with van der Waals surface area (Å²) in [5, 5.41) is 0. The molecule has 0 atom stereocenters. The van der Waals surface area contributed by atoms with E-state index in [-0.39, 0.29) is 0 Å². The molecule has 0 bridgehead atoms. The summed E-state index contributed by atoms with van der Waals surface area (Å²) in [4.78, 5) is 12.4. The first-order valence-corrected chi connectivity index (χ1v) is 20.6. The maximum Gasteiger partial charge on any atom is 0.338 e. The quantitative estimate of drug-likeness (QED) is 0.0408. The van der Waals surface area contributed by atoms with E-state index in [0.717, 1.165) is 73.1 Å². The third-order valence-electron chi connectivity index (χ3n) is 9.70. The van der Waals surface area contributed by atoms with Crippen LogP contribution in [-0.4, -0.2) is 26.3 Å². The summed E-state index contributed by atoms with van der Waals surface area (Å²) in [6.45, 7) is 4.44. The van der Waals surface area contributed by atoms with Gasteiger partial charge in [0.25, 0.3) is 0 Å². The van der Waals surface area contributed by atoms with Crippen LogP contribution in [0.3, 0.4) is 0 Å². The molecule has 6 heteroatoms. The average molecular weight is 737 g/mol. The van der Waals surface area contributed by atoms with Crippen molar-refractivity contribution in [3.8, 4) is 23.0 Å². The molecule has 0 saturated heterocycles. The van der Waals surface area contributed by atoms with Crippen molar-refractivity contribution in [1.82, 2.24) is 0 Å². The second-order valence-electron chi connectivity index (χ2n) is 14.2. The van der Waals surface area contributed by atoms with Gasteiger partial charge < -0.3 is 23.7 Å². The molecule has 0 spiro atoms. The molecule has 0 radical (unpaired) electrons. The molecule has 0 unspecified atom stereocenters. The largest absolute Gasteiger partial charge is 0.493 e. The number of methoxy groups -OCH3 is 1. The average Bonchev–Trinajstić information content (AvgIpc) is 3.21. The molecule has 292 valence electrons. The van der Waals surface area contributed by atoms with Crippen LogP contribution in [0.4, 0.5) is 0 Å². The number of aryl methyl sites for hydroxylation is 1. The highest BCUT2D eigenvalue weighted by Gasteiger charge is 2.13. The zero-order valence-electron chi connectivity index (χ0n) is 33.0. The molecule has 0 aliphatic heterocycles. The standard InChI is InChI=1S/C48H64O6/c1-3-4-5-6-7-8-9-10-11-12-14-23-33-51-44-35-43(48(49)50-2)36-45(37-44)52-34-24-15-13-22-30-42-31-25-32-46(53-38-40-26-18-16-19-27-40)47(42)54-39-41-28-20-17-21-29-41/h16-21,25-29,31-32,35-37H,3-15,22-24,30,33-34,38-39H2,1-2H3. The van der Waals surface area contributed by atoms with E-state index in [1.165, 1.54) is 71.3 Å². The summed E-state index contributed by atoms with van der Waals surface area (Å²) in [7, 11) is 1.40. The number of hydrogen-bond acceptors (Lipinski definition) is 6. The fraction of sp³-hybridized carbons (Fsp3) is 0.479. The first-order chi connectivity index (χ1) is 26.7. The molecule has 4 aromatic carbocycles. The van der Waals surface area contributed by atoms with Crippen molar-refractivity contribution < 1.29 is 28.5 Å². The lowest BCUT2D eigenvalue weighted by Crippen LogP contribution is -2.05. The lowest BCUT2D eigenvalue weighted by molar-refractivity contribution is 0.0599. The van der Waals surface area contributed by atoms with Gasteiger partial charge in [-0.15, -0.1) is 0 Å². The Bertz CT molecular complexity index is 1570. The van der Waals surface area contributed by atoms with Gasteiger partial charge in [0.15, 0.2) is 11.5 Å². The summed E-state index contributed by atoms with van der Waals surface area (Å²) in [5.74, 6) is 2.49. The molecule has 0 fully saturated rings. The van der Waals surface area contributed by atoms with Crippen LogP contribution in [0.25, 0.3) is 0 Å². The van der Waals surface area contributed by atoms with E-state index in [9.17, 15) is 4.79 Å². The molecule has 4 rings (SSSR count). The van der Waals surface area contributed by atoms with Gasteiger partial charge in [-0.3, -0.25) is 0 Å². The van der Waals surface area contributed by atoms with E-state index in [4.69, 9.17) is 23.7 Å². The molecular formula is C48H64O6. The zero-order chi connectivity index (χ0) is 37.9. The Labute approximate surface area is 325 Å². The number of carbonyl (C=O) groups excluding carboxylic acids is 1. The van der Waals surface area contributed by atoms with Gasteiger partial charge in [-0.2, -0.15) is 0 Å². The molecule has 4 aromatic rings. The van der Waals surface area contributed by atoms with Crippen molar-refractivity contribution in [2.45, 2.75) is 129 Å². The summed E-state index contributed by atoms with van der Waals surface area (Å²) >= 11 is 0. The maximum atomic E-state index is 12.4. The fourth-order valence-corrected chi connectivity index (χ4v) is 6.57. The summed E-state index contributed by atoms with van der Waals surface area (Å²) in [6, 6.07) is 32.0. The predicted molar refractivity (Wildman–Crippen MR) is 220 cm³/mol. The number of ether oxygens (including phenoxy) is 5. The third kappa shape index (κ3) is 16.7. The van der Waals surface area contributed by atoms with E-state index < -0.39 is 5.97 Å². The highest BCUT2D eigenvalue weighted by molar-refractivity contribution is 5.90. The van der Waals surface area contributed by atoms with Crippen LogP contribution in [0.2, 0.25) is 0 Å². The Morgan fingerprint density at radius 1 is 0.500 bits per heavy atom. The minimum atomic E-state index is -0.391. The first-order valence-electron chi connectivity index (χ1n) is 20.6. The highest BCUT2D eigenvalue weighted by atomic mass is 16.5. The van der Waals surface area contributed by atoms with Crippen molar-refractivity contribution in [2.75, 3.05) is 20.3 Å².